The van der Waals surface area contributed by atoms with Crippen molar-refractivity contribution in [1.29, 1.82) is 0 Å². The van der Waals surface area contributed by atoms with E-state index >= 15 is 0 Å². The highest BCUT2D eigenvalue weighted by Gasteiger charge is 2.27. The molecule has 5 nitrogen and oxygen atoms in total. The van der Waals surface area contributed by atoms with Crippen LogP contribution in [0.25, 0.3) is 16.3 Å². The zero-order chi connectivity index (χ0) is 25.7. The Labute approximate surface area is 212 Å². The standard InChI is InChI=1S/C31H34N2O3/c1-4-8-24(20(2)32-3)22-15-13-21(14-16-22)19-23-17-18-27(30(35)26-10-6-5-9-25(23)26)31(36)33-28-11-7-12-29(28)34/h5-6,8-10,13-18,28-29,34H,4,7,11-12,19H2,1-3H3,(H,33,36)/b24-8+,32-20-/t28-,29-/m0/s1. The molecular weight excluding hydrogens is 448 g/mol. The van der Waals surface area contributed by atoms with Gasteiger partial charge in [0.15, 0.2) is 5.43 Å². The average Bonchev–Trinajstić information content (AvgIpc) is 3.24. The molecule has 0 spiro atoms. The molecule has 0 saturated heterocycles. The van der Waals surface area contributed by atoms with Crippen molar-refractivity contribution >= 4 is 28.0 Å². The molecule has 36 heavy (non-hydrogen) atoms. The minimum atomic E-state index is -0.558. The molecule has 0 aromatic heterocycles. The highest BCUT2D eigenvalue weighted by atomic mass is 16.3. The fraction of sp³-hybridized carbons (Fsp3) is 0.323. The first kappa shape index (κ1) is 25.5. The summed E-state index contributed by atoms with van der Waals surface area (Å²) in [7, 11) is 1.81. The number of carbonyl (C=O) groups excluding carboxylic acids is 1. The van der Waals surface area contributed by atoms with Crippen LogP contribution >= 0.6 is 0 Å². The summed E-state index contributed by atoms with van der Waals surface area (Å²) in [5.41, 5.74) is 5.18. The first-order chi connectivity index (χ1) is 17.4. The molecule has 3 aromatic rings. The van der Waals surface area contributed by atoms with Crippen LogP contribution in [0.5, 0.6) is 0 Å². The number of aliphatic imine (C=N–C) groups is 1. The lowest BCUT2D eigenvalue weighted by Crippen LogP contribution is -2.41. The Balaban J connectivity index is 1.68. The van der Waals surface area contributed by atoms with Crippen LogP contribution in [-0.2, 0) is 6.42 Å². The summed E-state index contributed by atoms with van der Waals surface area (Å²) in [5.74, 6) is -0.425. The Morgan fingerprint density at radius 2 is 1.78 bits per heavy atom. The maximum Gasteiger partial charge on any atom is 0.255 e. The molecule has 4 rings (SSSR count). The molecule has 1 aliphatic carbocycles. The fourth-order valence-corrected chi connectivity index (χ4v) is 4.96. The zero-order valence-electron chi connectivity index (χ0n) is 21.3. The van der Waals surface area contributed by atoms with Gasteiger partial charge in [-0.05, 0) is 72.7 Å². The number of aliphatic hydroxyl groups excluding tert-OH is 1. The second kappa shape index (κ2) is 11.4. The van der Waals surface area contributed by atoms with Crippen LogP contribution in [0.15, 0.2) is 76.5 Å². The van der Waals surface area contributed by atoms with Crippen LogP contribution in [0.2, 0.25) is 0 Å². The monoisotopic (exact) mass is 482 g/mol. The van der Waals surface area contributed by atoms with Crippen LogP contribution in [0.4, 0.5) is 0 Å². The quantitative estimate of drug-likeness (QED) is 0.448. The Hall–Kier alpha value is -3.57. The molecule has 5 heteroatoms. The molecule has 3 aromatic carbocycles. The molecule has 0 radical (unpaired) electrons. The van der Waals surface area contributed by atoms with Crippen molar-refractivity contribution in [2.75, 3.05) is 7.05 Å². The van der Waals surface area contributed by atoms with Crippen molar-refractivity contribution in [3.05, 3.63) is 99.2 Å². The summed E-state index contributed by atoms with van der Waals surface area (Å²) in [5, 5.41) is 14.3. The van der Waals surface area contributed by atoms with Gasteiger partial charge >= 0.3 is 0 Å². The van der Waals surface area contributed by atoms with E-state index in [4.69, 9.17) is 0 Å². The normalized spacial score (nSPS) is 18.4. The van der Waals surface area contributed by atoms with Gasteiger partial charge in [0, 0.05) is 18.1 Å². The zero-order valence-corrected chi connectivity index (χ0v) is 21.3. The molecule has 1 saturated carbocycles. The van der Waals surface area contributed by atoms with Crippen molar-refractivity contribution in [1.82, 2.24) is 5.32 Å². The molecular formula is C31H34N2O3. The van der Waals surface area contributed by atoms with Gasteiger partial charge in [0.25, 0.3) is 5.91 Å². The van der Waals surface area contributed by atoms with E-state index in [9.17, 15) is 14.7 Å². The number of fused-ring (bicyclic) bond motifs is 1. The van der Waals surface area contributed by atoms with Crippen LogP contribution in [0, 0.1) is 0 Å². The third-order valence-corrected chi connectivity index (χ3v) is 7.05. The molecule has 1 fully saturated rings. The Kier molecular flexibility index (Phi) is 8.11. The number of allylic oxidation sites excluding steroid dienone is 2. The van der Waals surface area contributed by atoms with Gasteiger partial charge in [-0.2, -0.15) is 0 Å². The van der Waals surface area contributed by atoms with Gasteiger partial charge in [-0.15, -0.1) is 0 Å². The number of nitrogens with one attached hydrogen (secondary N) is 1. The van der Waals surface area contributed by atoms with Crippen LogP contribution in [0.3, 0.4) is 0 Å². The van der Waals surface area contributed by atoms with Gasteiger partial charge in [-0.25, -0.2) is 0 Å². The van der Waals surface area contributed by atoms with Gasteiger partial charge < -0.3 is 10.4 Å². The van der Waals surface area contributed by atoms with Gasteiger partial charge in [-0.3, -0.25) is 14.6 Å². The molecule has 0 unspecified atom stereocenters. The fourth-order valence-electron chi connectivity index (χ4n) is 4.96. The van der Waals surface area contributed by atoms with Gasteiger partial charge in [0.1, 0.15) is 0 Å². The van der Waals surface area contributed by atoms with Crippen LogP contribution in [0.1, 0.15) is 66.6 Å². The molecule has 2 atom stereocenters. The second-order valence-corrected chi connectivity index (χ2v) is 9.43. The number of benzene rings is 2. The highest BCUT2D eigenvalue weighted by Crippen LogP contribution is 2.23. The van der Waals surface area contributed by atoms with E-state index in [0.717, 1.165) is 52.6 Å². The number of hydrogen-bond acceptors (Lipinski definition) is 4. The van der Waals surface area contributed by atoms with Crippen molar-refractivity contribution in [3.63, 3.8) is 0 Å². The van der Waals surface area contributed by atoms with Crippen molar-refractivity contribution in [2.45, 2.75) is 58.1 Å². The summed E-state index contributed by atoms with van der Waals surface area (Å²) in [6, 6.07) is 19.1. The van der Waals surface area contributed by atoms with E-state index in [1.54, 1.807) is 12.1 Å². The average molecular weight is 483 g/mol. The molecule has 186 valence electrons. The number of nitrogens with zero attached hydrogens (tertiary/aromatic N) is 1. The minimum Gasteiger partial charge on any atom is -0.391 e. The third-order valence-electron chi connectivity index (χ3n) is 7.05. The second-order valence-electron chi connectivity index (χ2n) is 9.43. The summed E-state index contributed by atoms with van der Waals surface area (Å²) in [6.45, 7) is 4.14. The maximum absolute atomic E-state index is 13.4. The third kappa shape index (κ3) is 5.47. The largest absolute Gasteiger partial charge is 0.391 e. The first-order valence-electron chi connectivity index (χ1n) is 12.7. The lowest BCUT2D eigenvalue weighted by Gasteiger charge is -2.15. The van der Waals surface area contributed by atoms with Gasteiger partial charge in [0.2, 0.25) is 0 Å². The van der Waals surface area contributed by atoms with E-state index in [0.29, 0.717) is 18.2 Å². The van der Waals surface area contributed by atoms with Crippen LogP contribution < -0.4 is 10.7 Å². The lowest BCUT2D eigenvalue weighted by atomic mass is 9.96. The molecule has 0 bridgehead atoms. The summed E-state index contributed by atoms with van der Waals surface area (Å²) in [6.07, 6.45) is 5.46. The number of carbonyl (C=O) groups is 1. The topological polar surface area (TPSA) is 78.8 Å². The summed E-state index contributed by atoms with van der Waals surface area (Å²) >= 11 is 0. The van der Waals surface area contributed by atoms with E-state index in [1.165, 1.54) is 0 Å². The predicted molar refractivity (Wildman–Crippen MR) is 148 cm³/mol. The van der Waals surface area contributed by atoms with E-state index in [1.807, 2.05) is 38.2 Å². The van der Waals surface area contributed by atoms with Crippen LogP contribution in [-0.4, -0.2) is 35.9 Å². The molecule has 1 aliphatic rings. The minimum absolute atomic E-state index is 0.107. The Morgan fingerprint density at radius 1 is 1.06 bits per heavy atom. The smallest absolute Gasteiger partial charge is 0.255 e. The molecule has 2 N–H and O–H groups in total. The number of amides is 1. The number of rotatable bonds is 7. The Bertz CT molecular complexity index is 1370. The van der Waals surface area contributed by atoms with E-state index < -0.39 is 12.0 Å². The molecule has 0 heterocycles. The van der Waals surface area contributed by atoms with Crippen molar-refractivity contribution < 1.29 is 9.90 Å². The number of aliphatic hydroxyl groups is 1. The SMILES string of the molecule is CC/C=C(\C(C)=N/C)c1ccc(Cc2ccc(C(=O)N[C@H]3CCC[C@@H]3O)c(=O)c3ccccc23)cc1. The van der Waals surface area contributed by atoms with Crippen molar-refractivity contribution in [3.8, 4) is 0 Å². The Morgan fingerprint density at radius 3 is 2.42 bits per heavy atom. The van der Waals surface area contributed by atoms with Gasteiger partial charge in [-0.1, -0.05) is 67.6 Å². The molecule has 0 aliphatic heterocycles. The summed E-state index contributed by atoms with van der Waals surface area (Å²) < 4.78 is 0. The predicted octanol–water partition coefficient (Wildman–Crippen LogP) is 5.32. The van der Waals surface area contributed by atoms with Gasteiger partial charge in [0.05, 0.1) is 17.7 Å². The highest BCUT2D eigenvalue weighted by molar-refractivity contribution is 6.22. The lowest BCUT2D eigenvalue weighted by molar-refractivity contribution is 0.0872. The first-order valence-corrected chi connectivity index (χ1v) is 12.7. The maximum atomic E-state index is 13.4. The van der Waals surface area contributed by atoms with E-state index in [-0.39, 0.29) is 17.0 Å². The number of hydrogen-bond donors (Lipinski definition) is 2. The summed E-state index contributed by atoms with van der Waals surface area (Å²) in [4.78, 5) is 30.7. The van der Waals surface area contributed by atoms with E-state index in [2.05, 4.69) is 47.6 Å². The van der Waals surface area contributed by atoms with Crippen molar-refractivity contribution in [2.24, 2.45) is 4.99 Å². The molecule has 1 amide bonds.